The molecular formula is C19H28N2O. The summed E-state index contributed by atoms with van der Waals surface area (Å²) in [4.78, 5) is 2.72. The Bertz CT molecular complexity index is 557. The molecular weight excluding hydrogens is 272 g/mol. The van der Waals surface area contributed by atoms with Gasteiger partial charge in [-0.1, -0.05) is 6.07 Å². The van der Waals surface area contributed by atoms with E-state index >= 15 is 0 Å². The van der Waals surface area contributed by atoms with Crippen molar-refractivity contribution in [2.45, 2.75) is 57.6 Å². The van der Waals surface area contributed by atoms with Gasteiger partial charge in [-0.2, -0.15) is 0 Å². The van der Waals surface area contributed by atoms with E-state index in [9.17, 15) is 0 Å². The van der Waals surface area contributed by atoms with E-state index < -0.39 is 0 Å². The molecule has 3 aliphatic rings. The number of piperidine rings is 1. The highest BCUT2D eigenvalue weighted by atomic mass is 16.5. The van der Waals surface area contributed by atoms with Crippen molar-refractivity contribution in [2.75, 3.05) is 26.2 Å². The monoisotopic (exact) mass is 300 g/mol. The first kappa shape index (κ1) is 14.5. The van der Waals surface area contributed by atoms with Gasteiger partial charge in [-0.25, -0.2) is 0 Å². The lowest BCUT2D eigenvalue weighted by Crippen LogP contribution is -2.51. The smallest absolute Gasteiger partial charge is 0.125 e. The second-order valence-corrected chi connectivity index (χ2v) is 7.49. The standard InChI is InChI=1S/C19H28N2O/c1-14-11-15(2)18-16(21-9-3-4-10-21)13-19(22-17(18)12-14)5-7-20-8-6-19/h11-12,16,20H,3-10,13H2,1-2H3. The predicted octanol–water partition coefficient (Wildman–Crippen LogP) is 3.35. The van der Waals surface area contributed by atoms with Crippen LogP contribution in [0.3, 0.4) is 0 Å². The molecule has 3 nitrogen and oxygen atoms in total. The predicted molar refractivity (Wildman–Crippen MR) is 89.5 cm³/mol. The molecule has 3 heterocycles. The van der Waals surface area contributed by atoms with Gasteiger partial charge in [0.1, 0.15) is 11.4 Å². The number of hydrogen-bond donors (Lipinski definition) is 1. The number of nitrogens with one attached hydrogen (secondary N) is 1. The van der Waals surface area contributed by atoms with Gasteiger partial charge in [0.2, 0.25) is 0 Å². The molecule has 1 N–H and O–H groups in total. The zero-order valence-electron chi connectivity index (χ0n) is 14.0. The first-order valence-corrected chi connectivity index (χ1v) is 8.92. The van der Waals surface area contributed by atoms with Gasteiger partial charge in [0, 0.05) is 18.0 Å². The van der Waals surface area contributed by atoms with Gasteiger partial charge < -0.3 is 10.1 Å². The van der Waals surface area contributed by atoms with E-state index in [4.69, 9.17) is 4.74 Å². The third kappa shape index (κ3) is 2.44. The summed E-state index contributed by atoms with van der Waals surface area (Å²) in [5, 5.41) is 3.49. The van der Waals surface area contributed by atoms with Crippen LogP contribution in [0, 0.1) is 13.8 Å². The Morgan fingerprint density at radius 2 is 1.86 bits per heavy atom. The van der Waals surface area contributed by atoms with E-state index in [-0.39, 0.29) is 5.60 Å². The van der Waals surface area contributed by atoms with Crippen molar-refractivity contribution in [2.24, 2.45) is 0 Å². The van der Waals surface area contributed by atoms with E-state index in [1.807, 2.05) is 0 Å². The minimum absolute atomic E-state index is 0.0613. The van der Waals surface area contributed by atoms with Crippen molar-refractivity contribution in [1.29, 1.82) is 0 Å². The molecule has 1 aromatic carbocycles. The minimum atomic E-state index is 0.0613. The Kier molecular flexibility index (Phi) is 3.66. The highest BCUT2D eigenvalue weighted by molar-refractivity contribution is 5.47. The third-order valence-corrected chi connectivity index (χ3v) is 5.81. The molecule has 0 amide bonds. The Labute approximate surface area is 134 Å². The van der Waals surface area contributed by atoms with Crippen LogP contribution in [0.25, 0.3) is 0 Å². The normalized spacial score (nSPS) is 27.6. The van der Waals surface area contributed by atoms with Crippen LogP contribution in [0.1, 0.15) is 54.8 Å². The zero-order valence-corrected chi connectivity index (χ0v) is 14.0. The summed E-state index contributed by atoms with van der Waals surface area (Å²) in [5.41, 5.74) is 4.26. The summed E-state index contributed by atoms with van der Waals surface area (Å²) in [6.45, 7) is 9.14. The summed E-state index contributed by atoms with van der Waals surface area (Å²) in [6, 6.07) is 5.16. The van der Waals surface area contributed by atoms with E-state index in [2.05, 4.69) is 36.2 Å². The summed E-state index contributed by atoms with van der Waals surface area (Å²) in [7, 11) is 0. The van der Waals surface area contributed by atoms with Gasteiger partial charge in [0.15, 0.2) is 0 Å². The second-order valence-electron chi connectivity index (χ2n) is 7.49. The van der Waals surface area contributed by atoms with E-state index in [1.54, 1.807) is 0 Å². The van der Waals surface area contributed by atoms with Crippen molar-refractivity contribution < 1.29 is 4.74 Å². The zero-order chi connectivity index (χ0) is 15.2. The number of likely N-dealkylation sites (tertiary alicyclic amines) is 1. The lowest BCUT2D eigenvalue weighted by Gasteiger charge is -2.47. The summed E-state index contributed by atoms with van der Waals surface area (Å²) < 4.78 is 6.65. The molecule has 1 atom stereocenters. The van der Waals surface area contributed by atoms with Crippen LogP contribution in [0.2, 0.25) is 0 Å². The summed E-state index contributed by atoms with van der Waals surface area (Å²) in [5.74, 6) is 1.17. The molecule has 0 aliphatic carbocycles. The van der Waals surface area contributed by atoms with Crippen LogP contribution < -0.4 is 10.1 Å². The van der Waals surface area contributed by atoms with Crippen molar-refractivity contribution >= 4 is 0 Å². The van der Waals surface area contributed by atoms with Gasteiger partial charge in [0.05, 0.1) is 0 Å². The largest absolute Gasteiger partial charge is 0.487 e. The molecule has 3 heteroatoms. The maximum atomic E-state index is 6.65. The average Bonchev–Trinajstić information content (AvgIpc) is 3.00. The molecule has 120 valence electrons. The molecule has 1 unspecified atom stereocenters. The number of nitrogens with zero attached hydrogens (tertiary/aromatic N) is 1. The van der Waals surface area contributed by atoms with E-state index in [0.717, 1.165) is 25.9 Å². The molecule has 3 aliphatic heterocycles. The quantitative estimate of drug-likeness (QED) is 0.861. The summed E-state index contributed by atoms with van der Waals surface area (Å²) in [6.07, 6.45) is 6.16. The van der Waals surface area contributed by atoms with Crippen LogP contribution >= 0.6 is 0 Å². The van der Waals surface area contributed by atoms with Crippen molar-refractivity contribution in [1.82, 2.24) is 10.2 Å². The fraction of sp³-hybridized carbons (Fsp3) is 0.684. The molecule has 0 saturated carbocycles. The number of rotatable bonds is 1. The van der Waals surface area contributed by atoms with Crippen molar-refractivity contribution in [3.63, 3.8) is 0 Å². The molecule has 4 rings (SSSR count). The molecule has 2 fully saturated rings. The highest BCUT2D eigenvalue weighted by Gasteiger charge is 2.44. The topological polar surface area (TPSA) is 24.5 Å². The first-order chi connectivity index (χ1) is 10.7. The molecule has 0 radical (unpaired) electrons. The Balaban J connectivity index is 1.76. The average molecular weight is 300 g/mol. The number of aryl methyl sites for hydroxylation is 2. The fourth-order valence-electron chi connectivity index (χ4n) is 4.73. The van der Waals surface area contributed by atoms with Crippen molar-refractivity contribution in [3.05, 3.63) is 28.8 Å². The van der Waals surface area contributed by atoms with Crippen molar-refractivity contribution in [3.8, 4) is 5.75 Å². The van der Waals surface area contributed by atoms with E-state index in [1.165, 1.54) is 54.8 Å². The second kappa shape index (κ2) is 5.54. The molecule has 1 spiro atoms. The fourth-order valence-corrected chi connectivity index (χ4v) is 4.73. The maximum absolute atomic E-state index is 6.65. The minimum Gasteiger partial charge on any atom is -0.487 e. The number of benzene rings is 1. The van der Waals surface area contributed by atoms with E-state index in [0.29, 0.717) is 6.04 Å². The first-order valence-electron chi connectivity index (χ1n) is 8.92. The maximum Gasteiger partial charge on any atom is 0.125 e. The van der Waals surface area contributed by atoms with Gasteiger partial charge >= 0.3 is 0 Å². The molecule has 0 bridgehead atoms. The van der Waals surface area contributed by atoms with Crippen LogP contribution in [0.4, 0.5) is 0 Å². The lowest BCUT2D eigenvalue weighted by atomic mass is 9.79. The van der Waals surface area contributed by atoms with Crippen LogP contribution in [-0.4, -0.2) is 36.7 Å². The SMILES string of the molecule is Cc1cc(C)c2c(c1)OC1(CCNCC1)CC2N1CCCC1. The third-order valence-electron chi connectivity index (χ3n) is 5.81. The van der Waals surface area contributed by atoms with Gasteiger partial charge in [-0.3, -0.25) is 4.90 Å². The Morgan fingerprint density at radius 3 is 2.59 bits per heavy atom. The summed E-state index contributed by atoms with van der Waals surface area (Å²) >= 11 is 0. The van der Waals surface area contributed by atoms with Crippen LogP contribution in [-0.2, 0) is 0 Å². The van der Waals surface area contributed by atoms with Gasteiger partial charge in [-0.05, 0) is 82.9 Å². The lowest BCUT2D eigenvalue weighted by molar-refractivity contribution is -0.0162. The Morgan fingerprint density at radius 1 is 1.14 bits per heavy atom. The van der Waals surface area contributed by atoms with Gasteiger partial charge in [0.25, 0.3) is 0 Å². The van der Waals surface area contributed by atoms with Crippen LogP contribution in [0.5, 0.6) is 5.75 Å². The number of ether oxygens (including phenoxy) is 1. The molecule has 0 aromatic heterocycles. The Hall–Kier alpha value is -1.06. The number of hydrogen-bond acceptors (Lipinski definition) is 3. The highest BCUT2D eigenvalue weighted by Crippen LogP contribution is 2.48. The van der Waals surface area contributed by atoms with Crippen LogP contribution in [0.15, 0.2) is 12.1 Å². The molecule has 1 aromatic rings. The van der Waals surface area contributed by atoms with Gasteiger partial charge in [-0.15, -0.1) is 0 Å². The molecule has 2 saturated heterocycles. The number of fused-ring (bicyclic) bond motifs is 1. The molecule has 22 heavy (non-hydrogen) atoms.